The Morgan fingerprint density at radius 2 is 1.28 bits per heavy atom. The van der Waals surface area contributed by atoms with E-state index in [9.17, 15) is 5.26 Å². The maximum atomic E-state index is 9.69. The predicted octanol–water partition coefficient (Wildman–Crippen LogP) is 13.9. The molecule has 0 saturated heterocycles. The van der Waals surface area contributed by atoms with Crippen LogP contribution in [0.3, 0.4) is 0 Å². The molecule has 0 saturated carbocycles. The van der Waals surface area contributed by atoms with Gasteiger partial charge in [0.05, 0.1) is 50.4 Å². The molecule has 4 heterocycles. The van der Waals surface area contributed by atoms with Crippen molar-refractivity contribution in [1.29, 1.82) is 5.26 Å². The third-order valence-corrected chi connectivity index (χ3v) is 13.1. The van der Waals surface area contributed by atoms with Gasteiger partial charge in [0.25, 0.3) is 0 Å². The molecule has 61 heavy (non-hydrogen) atoms. The third kappa shape index (κ3) is 5.29. The first-order chi connectivity index (χ1) is 30.2. The van der Waals surface area contributed by atoms with Crippen molar-refractivity contribution in [3.8, 4) is 40.2 Å². The lowest BCUT2D eigenvalue weighted by Crippen LogP contribution is -2.32. The van der Waals surface area contributed by atoms with Crippen LogP contribution in [-0.2, 0) is 5.41 Å². The van der Waals surface area contributed by atoms with Crippen LogP contribution in [0, 0.1) is 11.3 Å². The summed E-state index contributed by atoms with van der Waals surface area (Å²) in [5, 5.41) is 9.69. The molecule has 1 aliphatic carbocycles. The fraction of sp³-hybridized carbons (Fsp3) is 0.0185. The van der Waals surface area contributed by atoms with Crippen molar-refractivity contribution >= 4 is 45.9 Å². The number of hydrogen-bond donors (Lipinski definition) is 0. The molecular weight excluding hydrogens is 767 g/mol. The van der Waals surface area contributed by atoms with Gasteiger partial charge in [-0.05, 0) is 113 Å². The molecule has 0 fully saturated rings. The number of fused-ring (bicyclic) bond motifs is 12. The SMILES string of the molecule is N#Cc1cccc(-c2ccc3c(n2)-c2ncccc2C32c3ccccc3Sc3c2ccc2c3Oc3ccccc3N2c2cccc(N(c3ccccc3)c3ccccc3)c2)c1. The largest absolute Gasteiger partial charge is 0.452 e. The maximum absolute atomic E-state index is 9.69. The van der Waals surface area contributed by atoms with Crippen molar-refractivity contribution in [1.82, 2.24) is 9.97 Å². The topological polar surface area (TPSA) is 65.3 Å². The fourth-order valence-electron chi connectivity index (χ4n) is 9.44. The molecule has 7 aromatic carbocycles. The molecule has 0 amide bonds. The first kappa shape index (κ1) is 35.1. The zero-order chi connectivity index (χ0) is 40.5. The van der Waals surface area contributed by atoms with E-state index < -0.39 is 5.41 Å². The standard InChI is InChI=1S/C54H33N5OS/c55-34-35-14-11-15-36(32-35)45-29-27-43-51(57-45)50-42(23-13-31-56-50)54(43)41-22-7-10-26-49(41)61-53-44(54)28-30-47-52(53)60-48-25-9-8-24-46(48)59(47)40-21-12-20-39(33-40)58(37-16-3-1-4-17-37)38-18-5-2-6-19-38/h1-33H. The lowest BCUT2D eigenvalue weighted by molar-refractivity contribution is 0.461. The van der Waals surface area contributed by atoms with Gasteiger partial charge in [0.2, 0.25) is 0 Å². The van der Waals surface area contributed by atoms with Gasteiger partial charge >= 0.3 is 0 Å². The van der Waals surface area contributed by atoms with Crippen molar-refractivity contribution in [2.75, 3.05) is 9.80 Å². The lowest BCUT2D eigenvalue weighted by atomic mass is 9.67. The number of ether oxygens (including phenoxy) is 1. The maximum Gasteiger partial charge on any atom is 0.165 e. The van der Waals surface area contributed by atoms with Crippen LogP contribution in [0.5, 0.6) is 11.5 Å². The summed E-state index contributed by atoms with van der Waals surface area (Å²) >= 11 is 1.75. The second kappa shape index (κ2) is 13.8. The van der Waals surface area contributed by atoms with Crippen molar-refractivity contribution in [3.05, 3.63) is 228 Å². The Hall–Kier alpha value is -7.92. The van der Waals surface area contributed by atoms with E-state index in [1.807, 2.05) is 42.6 Å². The predicted molar refractivity (Wildman–Crippen MR) is 243 cm³/mol. The number of nitriles is 1. The Morgan fingerprint density at radius 3 is 2.11 bits per heavy atom. The molecule has 7 heteroatoms. The first-order valence-corrected chi connectivity index (χ1v) is 21.0. The summed E-state index contributed by atoms with van der Waals surface area (Å²) < 4.78 is 7.11. The number of pyridine rings is 2. The first-order valence-electron chi connectivity index (χ1n) is 20.2. The molecule has 286 valence electrons. The van der Waals surface area contributed by atoms with Crippen LogP contribution in [0.1, 0.15) is 27.8 Å². The van der Waals surface area contributed by atoms with Gasteiger partial charge in [0.1, 0.15) is 0 Å². The van der Waals surface area contributed by atoms with Crippen molar-refractivity contribution in [2.45, 2.75) is 15.2 Å². The lowest BCUT2D eigenvalue weighted by Gasteiger charge is -2.42. The second-order valence-corrected chi connectivity index (χ2v) is 16.3. The van der Waals surface area contributed by atoms with Gasteiger partial charge in [0, 0.05) is 39.4 Å². The Labute approximate surface area is 357 Å². The van der Waals surface area contributed by atoms with E-state index in [4.69, 9.17) is 14.7 Å². The summed E-state index contributed by atoms with van der Waals surface area (Å²) in [6.45, 7) is 0. The molecule has 12 rings (SSSR count). The average molecular weight is 800 g/mol. The fourth-order valence-corrected chi connectivity index (χ4v) is 10.7. The van der Waals surface area contributed by atoms with Gasteiger partial charge in [0.15, 0.2) is 11.5 Å². The summed E-state index contributed by atoms with van der Waals surface area (Å²) in [6, 6.07) is 69.7. The minimum Gasteiger partial charge on any atom is -0.452 e. The third-order valence-electron chi connectivity index (χ3n) is 12.0. The van der Waals surface area contributed by atoms with E-state index in [1.54, 1.807) is 11.8 Å². The molecule has 1 atom stereocenters. The molecule has 3 aliphatic rings. The average Bonchev–Trinajstić information content (AvgIpc) is 3.61. The Balaban J connectivity index is 1.07. The van der Waals surface area contributed by atoms with Crippen LogP contribution in [0.2, 0.25) is 0 Å². The molecule has 2 aliphatic heterocycles. The summed E-state index contributed by atoms with van der Waals surface area (Å²) in [6.07, 6.45) is 1.85. The number of nitrogens with zero attached hydrogens (tertiary/aromatic N) is 5. The minimum atomic E-state index is -0.720. The zero-order valence-corrected chi connectivity index (χ0v) is 33.4. The van der Waals surface area contributed by atoms with Gasteiger partial charge in [-0.2, -0.15) is 5.26 Å². The van der Waals surface area contributed by atoms with Crippen LogP contribution in [0.15, 0.2) is 210 Å². The minimum absolute atomic E-state index is 0.596. The summed E-state index contributed by atoms with van der Waals surface area (Å²) in [4.78, 5) is 17.2. The van der Waals surface area contributed by atoms with Gasteiger partial charge in [-0.15, -0.1) is 0 Å². The van der Waals surface area contributed by atoms with Gasteiger partial charge in [-0.3, -0.25) is 4.98 Å². The number of anilines is 6. The monoisotopic (exact) mass is 799 g/mol. The summed E-state index contributed by atoms with van der Waals surface area (Å²) in [7, 11) is 0. The van der Waals surface area contributed by atoms with E-state index in [1.165, 1.54) is 5.56 Å². The van der Waals surface area contributed by atoms with E-state index in [0.29, 0.717) is 5.56 Å². The summed E-state index contributed by atoms with van der Waals surface area (Å²) in [5.74, 6) is 1.59. The smallest absolute Gasteiger partial charge is 0.165 e. The number of benzene rings is 7. The molecule has 0 radical (unpaired) electrons. The Bertz CT molecular complexity index is 3220. The second-order valence-electron chi connectivity index (χ2n) is 15.3. The highest BCUT2D eigenvalue weighted by atomic mass is 32.2. The van der Waals surface area contributed by atoms with Gasteiger partial charge < -0.3 is 14.5 Å². The van der Waals surface area contributed by atoms with E-state index in [-0.39, 0.29) is 0 Å². The highest BCUT2D eigenvalue weighted by molar-refractivity contribution is 7.99. The molecule has 2 aromatic heterocycles. The van der Waals surface area contributed by atoms with Gasteiger partial charge in [-0.25, -0.2) is 4.98 Å². The van der Waals surface area contributed by atoms with Crippen LogP contribution in [-0.4, -0.2) is 9.97 Å². The van der Waals surface area contributed by atoms with Crippen LogP contribution >= 0.6 is 11.8 Å². The molecule has 0 N–H and O–H groups in total. The molecule has 1 unspecified atom stereocenters. The van der Waals surface area contributed by atoms with Crippen molar-refractivity contribution < 1.29 is 4.74 Å². The molecule has 9 aromatic rings. The Morgan fingerprint density at radius 1 is 0.574 bits per heavy atom. The number of hydrogen-bond acceptors (Lipinski definition) is 7. The molecule has 1 spiro atoms. The molecular formula is C54H33N5OS. The molecule has 0 bridgehead atoms. The number of rotatable bonds is 5. The van der Waals surface area contributed by atoms with E-state index in [2.05, 4.69) is 174 Å². The quantitative estimate of drug-likeness (QED) is 0.172. The normalized spacial score (nSPS) is 15.0. The van der Waals surface area contributed by atoms with Crippen LogP contribution < -0.4 is 14.5 Å². The molecule has 6 nitrogen and oxygen atoms in total. The van der Waals surface area contributed by atoms with Gasteiger partial charge in [-0.1, -0.05) is 115 Å². The zero-order valence-electron chi connectivity index (χ0n) is 32.6. The van der Waals surface area contributed by atoms with Crippen LogP contribution in [0.4, 0.5) is 34.1 Å². The van der Waals surface area contributed by atoms with Crippen LogP contribution in [0.25, 0.3) is 22.6 Å². The van der Waals surface area contributed by atoms with E-state index in [0.717, 1.165) is 94.7 Å². The van der Waals surface area contributed by atoms with E-state index >= 15 is 0 Å². The van der Waals surface area contributed by atoms with Crippen molar-refractivity contribution in [2.24, 2.45) is 0 Å². The number of para-hydroxylation sites is 4. The highest BCUT2D eigenvalue weighted by Crippen LogP contribution is 2.65. The number of aromatic nitrogens is 2. The van der Waals surface area contributed by atoms with Crippen molar-refractivity contribution in [3.63, 3.8) is 0 Å². The highest BCUT2D eigenvalue weighted by Gasteiger charge is 2.53. The Kier molecular flexibility index (Phi) is 7.96. The summed E-state index contributed by atoms with van der Waals surface area (Å²) in [5.41, 5.74) is 13.8.